The van der Waals surface area contributed by atoms with Crippen LogP contribution in [-0.2, 0) is 59.2 Å². The average Bonchev–Trinajstić information content (AvgIpc) is 1.03. The van der Waals surface area contributed by atoms with Gasteiger partial charge in [-0.15, -0.1) is 0 Å². The minimum atomic E-state index is -4.97. The number of hydrogen-bond donors (Lipinski definition) is 7. The zero-order chi connectivity index (χ0) is 65.5. The van der Waals surface area contributed by atoms with E-state index in [0.717, 1.165) is 96.0 Å². The Balaban J connectivity index is 0.00000792. The van der Waals surface area contributed by atoms with Crippen LogP contribution in [0.1, 0.15) is 198 Å². The molecule has 17 rings (SSSR count). The zero-order valence-electron chi connectivity index (χ0n) is 55.6. The quantitative estimate of drug-likeness (QED) is 0.0160. The average molecular weight is 1320 g/mol. The number of aromatic hydroxyl groups is 1. The molecule has 13 nitrogen and oxygen atoms in total. The van der Waals surface area contributed by atoms with Crippen molar-refractivity contribution in [1.82, 2.24) is 5.32 Å². The van der Waals surface area contributed by atoms with E-state index in [9.17, 15) is 33.4 Å². The van der Waals surface area contributed by atoms with Crippen LogP contribution in [0.4, 0.5) is 0 Å². The molecule has 7 aromatic rings. The van der Waals surface area contributed by atoms with Gasteiger partial charge < -0.3 is 51.2 Å². The number of fused-ring (bicyclic) bond motifs is 9. The molecule has 10 bridgehead atoms. The van der Waals surface area contributed by atoms with Crippen LogP contribution in [0.3, 0.4) is 0 Å². The van der Waals surface area contributed by atoms with Gasteiger partial charge in [0.05, 0.1) is 33.2 Å². The number of hydrogen-bond acceptors (Lipinski definition) is 11. The third-order valence-electron chi connectivity index (χ3n) is 23.9. The van der Waals surface area contributed by atoms with Crippen LogP contribution in [0.5, 0.6) is 11.5 Å². The van der Waals surface area contributed by atoms with E-state index < -0.39 is 56.7 Å². The van der Waals surface area contributed by atoms with Crippen LogP contribution in [0.15, 0.2) is 150 Å². The van der Waals surface area contributed by atoms with Crippen LogP contribution in [0, 0.1) is 41.4 Å². The Morgan fingerprint density at radius 1 is 0.833 bits per heavy atom. The number of aliphatic hydroxyl groups excluding tert-OH is 2. The molecular formula is C81H89N4NaO9S. The Bertz CT molecular complexity index is 4340. The molecule has 0 radical (unpaired) electrons. The Morgan fingerprint density at radius 2 is 1.61 bits per heavy atom. The smallest absolute Gasteiger partial charge is 0.748 e. The summed E-state index contributed by atoms with van der Waals surface area (Å²) in [5.74, 6) is 4.63. The van der Waals surface area contributed by atoms with Gasteiger partial charge in [0, 0.05) is 48.6 Å². The fourth-order valence-corrected chi connectivity index (χ4v) is 20.5. The van der Waals surface area contributed by atoms with E-state index in [0.29, 0.717) is 68.2 Å². The van der Waals surface area contributed by atoms with Crippen molar-refractivity contribution in [1.29, 1.82) is 0 Å². The fourth-order valence-electron chi connectivity index (χ4n) is 19.4. The van der Waals surface area contributed by atoms with Gasteiger partial charge >= 0.3 is 29.6 Å². The number of aliphatic imine (C=N–C) groups is 1. The second kappa shape index (κ2) is 27.1. The first-order chi connectivity index (χ1) is 45.9. The zero-order valence-corrected chi connectivity index (χ0v) is 58.4. The van der Waals surface area contributed by atoms with Gasteiger partial charge in [0.1, 0.15) is 17.6 Å². The Hall–Kier alpha value is -6.32. The summed E-state index contributed by atoms with van der Waals surface area (Å²) in [6, 6.07) is 45.3. The molecule has 5 aliphatic carbocycles. The van der Waals surface area contributed by atoms with E-state index in [4.69, 9.17) is 25.9 Å². The first kappa shape index (κ1) is 66.9. The summed E-state index contributed by atoms with van der Waals surface area (Å²) in [6.07, 6.45) is 10.8. The number of nitrogens with zero attached hydrogens (tertiary/aromatic N) is 1. The first-order valence-electron chi connectivity index (χ1n) is 35.0. The number of ether oxygens (including phenoxy) is 2. The van der Waals surface area contributed by atoms with Crippen molar-refractivity contribution >= 4 is 26.9 Å². The minimum Gasteiger partial charge on any atom is -0.748 e. The van der Waals surface area contributed by atoms with E-state index >= 15 is 0 Å². The topological polar surface area (TPSA) is 233 Å². The first-order valence-corrected chi connectivity index (χ1v) is 36.4. The van der Waals surface area contributed by atoms with Crippen molar-refractivity contribution in [3.05, 3.63) is 223 Å². The van der Waals surface area contributed by atoms with Crippen molar-refractivity contribution < 1.29 is 72.4 Å². The molecule has 1 saturated heterocycles. The van der Waals surface area contributed by atoms with E-state index in [1.165, 1.54) is 38.6 Å². The van der Waals surface area contributed by atoms with Crippen LogP contribution in [0.25, 0.3) is 10.8 Å². The largest absolute Gasteiger partial charge is 1.00 e. The van der Waals surface area contributed by atoms with E-state index in [1.807, 2.05) is 67.7 Å². The summed E-state index contributed by atoms with van der Waals surface area (Å²) >= 11 is 0. The Morgan fingerprint density at radius 3 is 2.41 bits per heavy atom. The van der Waals surface area contributed by atoms with Crippen molar-refractivity contribution in [3.8, 4) is 23.3 Å². The summed E-state index contributed by atoms with van der Waals surface area (Å²) in [5, 5.41) is 52.9. The third kappa shape index (κ3) is 12.7. The molecule has 5 aliphatic heterocycles. The number of benzene rings is 7. The fraction of sp³-hybridized carbons (Fsp3) is 0.444. The van der Waals surface area contributed by atoms with Gasteiger partial charge in [-0.05, 0) is 259 Å². The van der Waals surface area contributed by atoms with E-state index in [1.54, 1.807) is 12.1 Å². The van der Waals surface area contributed by atoms with Crippen LogP contribution in [0.2, 0.25) is 0 Å². The number of guanidine groups is 1. The molecule has 9 N–H and O–H groups in total. The molecule has 5 heterocycles. The van der Waals surface area contributed by atoms with Gasteiger partial charge in [0.15, 0.2) is 5.96 Å². The monoisotopic (exact) mass is 1320 g/mol. The molecule has 0 spiro atoms. The summed E-state index contributed by atoms with van der Waals surface area (Å²) < 4.78 is 58.2. The molecular weight excluding hydrogens is 1230 g/mol. The maximum absolute atomic E-state index is 14.5. The summed E-state index contributed by atoms with van der Waals surface area (Å²) in [7, 11) is -2.97. The molecule has 10 aliphatic rings. The molecule has 0 aromatic heterocycles. The molecule has 96 heavy (non-hydrogen) atoms. The van der Waals surface area contributed by atoms with E-state index in [2.05, 4.69) is 90.8 Å². The number of rotatable bonds is 11. The minimum absolute atomic E-state index is 0. The number of nitrogens with one attached hydrogen (secondary N) is 1. The third-order valence-corrected chi connectivity index (χ3v) is 25.1. The molecule has 494 valence electrons. The summed E-state index contributed by atoms with van der Waals surface area (Å²) in [6.45, 7) is 2.82. The van der Waals surface area contributed by atoms with Crippen LogP contribution < -0.4 is 51.1 Å². The standard InChI is InChI=1S/C81H90N4O9S.Na/c1-47-16-17-55-39-64-26-31-66(55)71(47)42-73(95(90,91)92)72-41-59-37-58(40-65-34-49(46-86)11-6-13-53-38-63(87)25-30-69(53)78(59)93-65)74(72)51-18-23-61(24-19-51)81(94-64,85-79(82)83)44-62(33-48-9-4-3-5-10-48)80(89)32-8-15-57(43-80)52-21-28-68-54(35-52)22-27-67-60(45-84-2)36-56-14-7-12-50-20-29-70(77(68)88)76(67)75(50)56;/h3-5,7,9-10,12,14,18-19,21,23-26,28,30-31,35-36,38-39,41,47,49,57-58,62,65,70-74,77-78,84,86-89H,8,11,15-17,20,22,27,29,32-34,37,40,42-46H2,1-2H3,(H4,82,83,85)(H,90,91,92);/q;+1/p-1. The number of nitrogens with two attached hydrogens (primary N) is 2. The van der Waals surface area contributed by atoms with Crippen molar-refractivity contribution in [2.45, 2.75) is 181 Å². The predicted octanol–water partition coefficient (Wildman–Crippen LogP) is 9.89. The van der Waals surface area contributed by atoms with Crippen LogP contribution in [-0.4, -0.2) is 70.0 Å². The van der Waals surface area contributed by atoms with Gasteiger partial charge in [-0.25, -0.2) is 13.4 Å². The van der Waals surface area contributed by atoms with Gasteiger partial charge in [0.25, 0.3) is 0 Å². The Kier molecular flexibility index (Phi) is 18.9. The molecule has 15 atom stereocenters. The summed E-state index contributed by atoms with van der Waals surface area (Å²) in [5.41, 5.74) is 26.0. The van der Waals surface area contributed by atoms with E-state index in [-0.39, 0.29) is 102 Å². The second-order valence-corrected chi connectivity index (χ2v) is 31.1. The normalized spacial score (nSPS) is 29.8. The van der Waals surface area contributed by atoms with Gasteiger partial charge in [0.2, 0.25) is 5.72 Å². The van der Waals surface area contributed by atoms with Crippen molar-refractivity contribution in [2.75, 3.05) is 13.7 Å². The number of phenols is 1. The molecule has 15 heteroatoms. The second-order valence-electron chi connectivity index (χ2n) is 29.5. The maximum Gasteiger partial charge on any atom is 1.00 e. The van der Waals surface area contributed by atoms with Crippen LogP contribution >= 0.6 is 0 Å². The maximum atomic E-state index is 14.5. The summed E-state index contributed by atoms with van der Waals surface area (Å²) in [4.78, 5) is 5.24. The Labute approximate surface area is 587 Å². The molecule has 1 saturated carbocycles. The van der Waals surface area contributed by atoms with Gasteiger partial charge in [-0.2, -0.15) is 0 Å². The number of aryl methyl sites for hydroxylation is 3. The molecule has 7 aromatic carbocycles. The predicted molar refractivity (Wildman–Crippen MR) is 370 cm³/mol. The molecule has 2 fully saturated rings. The molecule has 0 amide bonds. The van der Waals surface area contributed by atoms with Gasteiger partial charge in [-0.3, -0.25) is 0 Å². The van der Waals surface area contributed by atoms with Gasteiger partial charge in [-0.1, -0.05) is 128 Å². The number of aliphatic hydroxyl groups is 3. The number of allylic oxidation sites excluding steroid dienone is 1. The molecule has 15 unspecified atom stereocenters. The number of phenolic OH excluding ortho intramolecular Hbond substituents is 1. The SMILES string of the molecule is CNCc1cc2cccc3c2c2c1CCc1cc(C4CCCC(O)(C(Cc5ccccc5)CC5(N=C(N)N)Oc6ccc7c(c6)CCC(C)C7CC(S(=O)(=O)[O-])C6C=C7CC(CC8CC(CO)CC#Cc9cc(O)ccc9C7O8)C6c6ccc5cc6)C4)ccc1C(O)C2CC3.[Na+]. The van der Waals surface area contributed by atoms with Crippen molar-refractivity contribution in [2.24, 2.45) is 46.0 Å². The van der Waals surface area contributed by atoms with Crippen molar-refractivity contribution in [3.63, 3.8) is 0 Å².